The molecular weight excluding hydrogens is 578 g/mol. The van der Waals surface area contributed by atoms with E-state index in [2.05, 4.69) is 21.4 Å². The van der Waals surface area contributed by atoms with Crippen molar-refractivity contribution < 1.29 is 24.6 Å². The number of benzene rings is 3. The number of fused-ring (bicyclic) bond motifs is 1. The van der Waals surface area contributed by atoms with Gasteiger partial charge in [-0.25, -0.2) is 0 Å². The molecule has 0 radical (unpaired) electrons. The first-order valence-corrected chi connectivity index (χ1v) is 15.2. The molecule has 5 rings (SSSR count). The molecule has 0 bridgehead atoms. The monoisotopic (exact) mass is 611 g/mol. The first-order valence-electron chi connectivity index (χ1n) is 14.1. The Labute approximate surface area is 259 Å². The lowest BCUT2D eigenvalue weighted by atomic mass is 9.98. The number of hydrogen-bond donors (Lipinski definition) is 4. The molecule has 3 amide bonds. The van der Waals surface area contributed by atoms with Gasteiger partial charge in [-0.1, -0.05) is 60.5 Å². The van der Waals surface area contributed by atoms with Gasteiger partial charge in [-0.3, -0.25) is 19.5 Å². The summed E-state index contributed by atoms with van der Waals surface area (Å²) in [6, 6.07) is 18.9. The molecule has 1 aliphatic rings. The first kappa shape index (κ1) is 30.7. The van der Waals surface area contributed by atoms with E-state index in [0.717, 1.165) is 22.2 Å². The molecule has 2 heterocycles. The molecular formula is C33H33N5O5S. The van der Waals surface area contributed by atoms with Crippen LogP contribution >= 0.6 is 11.8 Å². The van der Waals surface area contributed by atoms with E-state index in [9.17, 15) is 24.6 Å². The second kappa shape index (κ2) is 13.2. The number of rotatable bonds is 8. The van der Waals surface area contributed by atoms with Crippen LogP contribution < -0.4 is 5.32 Å². The minimum absolute atomic E-state index is 0.0485. The number of aromatic amines is 1. The number of hydrogen-bond acceptors (Lipinski definition) is 7. The Kier molecular flexibility index (Phi) is 9.23. The van der Waals surface area contributed by atoms with Crippen LogP contribution in [0.25, 0.3) is 10.9 Å². The number of aromatic hydroxyl groups is 1. The van der Waals surface area contributed by atoms with Gasteiger partial charge in [-0.2, -0.15) is 5.10 Å². The van der Waals surface area contributed by atoms with E-state index in [1.165, 1.54) is 22.7 Å². The first-order chi connectivity index (χ1) is 21.2. The highest BCUT2D eigenvalue weighted by molar-refractivity contribution is 7.99. The SMILES string of the molecule is C#C[C@H]1C(=O)N(Cc2[nH]nc3ccccc23)C(C)SCN1C(=O)[C@@H](O)[C@H](Cc1ccccc1)NC(=O)c1cccc(O)c1C. The highest BCUT2D eigenvalue weighted by Gasteiger charge is 2.41. The van der Waals surface area contributed by atoms with Crippen molar-refractivity contribution in [2.75, 3.05) is 5.88 Å². The van der Waals surface area contributed by atoms with Crippen LogP contribution in [-0.2, 0) is 22.6 Å². The predicted octanol–water partition coefficient (Wildman–Crippen LogP) is 3.19. The van der Waals surface area contributed by atoms with E-state index < -0.39 is 35.9 Å². The van der Waals surface area contributed by atoms with Crippen molar-refractivity contribution in [2.24, 2.45) is 0 Å². The Bertz CT molecular complexity index is 1720. The van der Waals surface area contributed by atoms with Gasteiger partial charge in [-0.05, 0) is 44.0 Å². The second-order valence-corrected chi connectivity index (χ2v) is 11.9. The van der Waals surface area contributed by atoms with Crippen LogP contribution in [0.2, 0.25) is 0 Å². The Morgan fingerprint density at radius 3 is 2.61 bits per heavy atom. The number of H-pyrrole nitrogens is 1. The van der Waals surface area contributed by atoms with E-state index >= 15 is 0 Å². The van der Waals surface area contributed by atoms with Crippen LogP contribution in [0.4, 0.5) is 0 Å². The van der Waals surface area contributed by atoms with Crippen molar-refractivity contribution in [3.8, 4) is 18.1 Å². The summed E-state index contributed by atoms with van der Waals surface area (Å²) in [4.78, 5) is 43.9. The highest BCUT2D eigenvalue weighted by Crippen LogP contribution is 2.28. The third-order valence-electron chi connectivity index (χ3n) is 7.83. The number of carbonyl (C=O) groups excluding carboxylic acids is 3. The average Bonchev–Trinajstić information content (AvgIpc) is 3.39. The Hall–Kier alpha value is -4.79. The summed E-state index contributed by atoms with van der Waals surface area (Å²) in [5.74, 6) is 0.675. The third-order valence-corrected chi connectivity index (χ3v) is 9.00. The fourth-order valence-corrected chi connectivity index (χ4v) is 6.26. The van der Waals surface area contributed by atoms with Crippen molar-refractivity contribution in [1.29, 1.82) is 0 Å². The number of thioether (sulfide) groups is 1. The number of aliphatic hydroxyl groups excluding tert-OH is 1. The lowest BCUT2D eigenvalue weighted by Crippen LogP contribution is -2.56. The van der Waals surface area contributed by atoms with Crippen molar-refractivity contribution in [2.45, 2.75) is 50.4 Å². The molecule has 1 saturated heterocycles. The van der Waals surface area contributed by atoms with Crippen molar-refractivity contribution in [1.82, 2.24) is 25.3 Å². The molecule has 1 fully saturated rings. The number of para-hydroxylation sites is 1. The molecule has 4 aromatic rings. The molecule has 1 unspecified atom stereocenters. The molecule has 44 heavy (non-hydrogen) atoms. The van der Waals surface area contributed by atoms with Crippen molar-refractivity contribution >= 4 is 40.4 Å². The standard InChI is InChI=1S/C33H33N5O5S/c1-4-28-32(42)37(18-27-24-13-8-9-15-25(24)35-36-27)21(3)44-19-38(28)33(43)30(40)26(17-22-11-6-5-7-12-22)34-31(41)23-14-10-16-29(39)20(23)2/h1,5-16,21,26,28,30,39-40H,17-19H2,2-3H3,(H,34,41)(H,35,36)/t21?,26-,28-,30-/m0/s1. The molecule has 3 aromatic carbocycles. The maximum absolute atomic E-state index is 13.9. The number of nitrogens with zero attached hydrogens (tertiary/aromatic N) is 3. The van der Waals surface area contributed by atoms with Gasteiger partial charge in [-0.15, -0.1) is 18.2 Å². The molecule has 226 valence electrons. The van der Waals surface area contributed by atoms with Crippen LogP contribution in [0, 0.1) is 19.3 Å². The predicted molar refractivity (Wildman–Crippen MR) is 168 cm³/mol. The third kappa shape index (κ3) is 6.27. The number of aliphatic hydroxyl groups is 1. The minimum Gasteiger partial charge on any atom is -0.508 e. The van der Waals surface area contributed by atoms with Gasteiger partial charge in [0, 0.05) is 16.5 Å². The van der Waals surface area contributed by atoms with E-state index in [1.54, 1.807) is 24.0 Å². The van der Waals surface area contributed by atoms with Gasteiger partial charge in [0.25, 0.3) is 17.7 Å². The van der Waals surface area contributed by atoms with Crippen LogP contribution in [0.15, 0.2) is 72.8 Å². The number of amides is 3. The van der Waals surface area contributed by atoms with E-state index in [0.29, 0.717) is 5.56 Å². The minimum atomic E-state index is -1.72. The number of aromatic nitrogens is 2. The topological polar surface area (TPSA) is 139 Å². The Morgan fingerprint density at radius 1 is 1.14 bits per heavy atom. The molecule has 1 aromatic heterocycles. The summed E-state index contributed by atoms with van der Waals surface area (Å²) in [7, 11) is 0. The van der Waals surface area contributed by atoms with Gasteiger partial charge in [0.1, 0.15) is 5.75 Å². The maximum Gasteiger partial charge on any atom is 0.259 e. The highest BCUT2D eigenvalue weighted by atomic mass is 32.2. The van der Waals surface area contributed by atoms with Gasteiger partial charge in [0.15, 0.2) is 12.1 Å². The normalized spacial score (nSPS) is 18.4. The summed E-state index contributed by atoms with van der Waals surface area (Å²) in [5, 5.41) is 32.2. The van der Waals surface area contributed by atoms with Gasteiger partial charge >= 0.3 is 0 Å². The summed E-state index contributed by atoms with van der Waals surface area (Å²) >= 11 is 1.34. The zero-order chi connectivity index (χ0) is 31.4. The average molecular weight is 612 g/mol. The molecule has 11 heteroatoms. The number of phenolic OH excluding ortho intramolecular Hbond substituents is 1. The lowest BCUT2D eigenvalue weighted by Gasteiger charge is -2.31. The van der Waals surface area contributed by atoms with Crippen molar-refractivity contribution in [3.63, 3.8) is 0 Å². The fourth-order valence-electron chi connectivity index (χ4n) is 5.25. The van der Waals surface area contributed by atoms with Gasteiger partial charge in [0.05, 0.1) is 35.0 Å². The van der Waals surface area contributed by atoms with Crippen LogP contribution in [-0.4, -0.2) is 77.4 Å². The van der Waals surface area contributed by atoms with Gasteiger partial charge < -0.3 is 25.3 Å². The molecule has 4 N–H and O–H groups in total. The van der Waals surface area contributed by atoms with Crippen LogP contribution in [0.1, 0.15) is 34.1 Å². The molecule has 1 aliphatic heterocycles. The largest absolute Gasteiger partial charge is 0.508 e. The van der Waals surface area contributed by atoms with Gasteiger partial charge in [0.2, 0.25) is 0 Å². The summed E-state index contributed by atoms with van der Waals surface area (Å²) < 4.78 is 0. The summed E-state index contributed by atoms with van der Waals surface area (Å²) in [6.45, 7) is 3.66. The Balaban J connectivity index is 1.40. The lowest BCUT2D eigenvalue weighted by molar-refractivity contribution is -0.148. The van der Waals surface area contributed by atoms with E-state index in [-0.39, 0.29) is 35.5 Å². The van der Waals surface area contributed by atoms with Crippen LogP contribution in [0.3, 0.4) is 0 Å². The maximum atomic E-state index is 13.9. The molecule has 0 aliphatic carbocycles. The summed E-state index contributed by atoms with van der Waals surface area (Å²) in [5.41, 5.74) is 2.86. The van der Waals surface area contributed by atoms with E-state index in [4.69, 9.17) is 6.42 Å². The number of carbonyl (C=O) groups is 3. The number of terminal acetylenes is 1. The smallest absolute Gasteiger partial charge is 0.259 e. The second-order valence-electron chi connectivity index (χ2n) is 10.6. The zero-order valence-electron chi connectivity index (χ0n) is 24.3. The molecule has 10 nitrogen and oxygen atoms in total. The van der Waals surface area contributed by atoms with Crippen molar-refractivity contribution in [3.05, 3.63) is 95.2 Å². The molecule has 4 atom stereocenters. The number of phenols is 1. The Morgan fingerprint density at radius 2 is 1.86 bits per heavy atom. The summed E-state index contributed by atoms with van der Waals surface area (Å²) in [6.07, 6.45) is 4.26. The van der Waals surface area contributed by atoms with Crippen LogP contribution in [0.5, 0.6) is 5.75 Å². The quantitative estimate of drug-likeness (QED) is 0.225. The van der Waals surface area contributed by atoms with E-state index in [1.807, 2.05) is 61.5 Å². The molecule has 0 spiro atoms. The fraction of sp³-hybridized carbons (Fsp3) is 0.273. The molecule has 0 saturated carbocycles. The number of nitrogens with one attached hydrogen (secondary N) is 2. The zero-order valence-corrected chi connectivity index (χ0v) is 25.1.